The van der Waals surface area contributed by atoms with Crippen LogP contribution in [0.25, 0.3) is 0 Å². The fourth-order valence-corrected chi connectivity index (χ4v) is 5.14. The van der Waals surface area contributed by atoms with Crippen LogP contribution >= 0.6 is 0 Å². The SMILES string of the molecule is C=C/C=C(\C=C)Oc1cccc(CN(C(=O)c2cc(C(=O)O)c(C(=O)O)cc2C(=O)O)[C@H]2CCCc3ccccc32)c1. The van der Waals surface area contributed by atoms with Gasteiger partial charge in [0, 0.05) is 6.54 Å². The molecule has 0 saturated carbocycles. The number of carboxylic acid groups (broad SMARTS) is 3. The molecule has 9 nitrogen and oxygen atoms in total. The quantitative estimate of drug-likeness (QED) is 0.185. The van der Waals surface area contributed by atoms with E-state index in [1.165, 1.54) is 11.0 Å². The Morgan fingerprint density at radius 2 is 1.50 bits per heavy atom. The number of hydrogen-bond acceptors (Lipinski definition) is 5. The number of carbonyl (C=O) groups is 4. The highest BCUT2D eigenvalue weighted by molar-refractivity contribution is 6.10. The zero-order valence-corrected chi connectivity index (χ0v) is 22.7. The van der Waals surface area contributed by atoms with E-state index >= 15 is 0 Å². The highest BCUT2D eigenvalue weighted by Gasteiger charge is 2.33. The summed E-state index contributed by atoms with van der Waals surface area (Å²) in [6.07, 6.45) is 6.90. The number of benzene rings is 3. The van der Waals surface area contributed by atoms with E-state index in [4.69, 9.17) is 4.74 Å². The van der Waals surface area contributed by atoms with Crippen LogP contribution in [0.1, 0.15) is 77.0 Å². The zero-order chi connectivity index (χ0) is 30.4. The predicted molar refractivity (Wildman–Crippen MR) is 155 cm³/mol. The van der Waals surface area contributed by atoms with Crippen molar-refractivity contribution in [2.24, 2.45) is 0 Å². The van der Waals surface area contributed by atoms with Gasteiger partial charge in [-0.15, -0.1) is 0 Å². The highest BCUT2D eigenvalue weighted by atomic mass is 16.5. The van der Waals surface area contributed by atoms with Crippen molar-refractivity contribution in [2.75, 3.05) is 0 Å². The molecule has 42 heavy (non-hydrogen) atoms. The third kappa shape index (κ3) is 6.31. The molecule has 1 atom stereocenters. The number of allylic oxidation sites excluding steroid dienone is 3. The normalized spacial score (nSPS) is 14.3. The third-order valence-corrected chi connectivity index (χ3v) is 7.02. The fraction of sp³-hybridized carbons (Fsp3) is 0.152. The monoisotopic (exact) mass is 567 g/mol. The standard InChI is InChI=1S/C33H29NO8/c1-3-9-22(4-2)42-23-13-7-10-20(16-23)19-34(29-15-8-12-21-11-5-6-14-24(21)29)30(35)25-17-27(32(38)39)28(33(40)41)18-26(25)31(36)37/h3-7,9-11,13-14,16-18,29H,1-2,8,12,15,19H2,(H,36,37)(H,38,39)(H,40,41)/b22-9+/t29-/m0/s1. The van der Waals surface area contributed by atoms with Gasteiger partial charge in [0.25, 0.3) is 5.91 Å². The molecule has 214 valence electrons. The van der Waals surface area contributed by atoms with Gasteiger partial charge in [0.15, 0.2) is 0 Å². The minimum atomic E-state index is -1.62. The lowest BCUT2D eigenvalue weighted by molar-refractivity contribution is 0.0611. The predicted octanol–water partition coefficient (Wildman–Crippen LogP) is 6.14. The Labute approximate surface area is 242 Å². The van der Waals surface area contributed by atoms with Crippen molar-refractivity contribution in [3.8, 4) is 5.75 Å². The number of aryl methyl sites for hydroxylation is 1. The van der Waals surface area contributed by atoms with Crippen molar-refractivity contribution in [2.45, 2.75) is 31.8 Å². The molecule has 0 unspecified atom stereocenters. The van der Waals surface area contributed by atoms with Crippen molar-refractivity contribution in [1.82, 2.24) is 4.90 Å². The first-order chi connectivity index (χ1) is 20.1. The van der Waals surface area contributed by atoms with E-state index in [0.717, 1.165) is 36.1 Å². The number of fused-ring (bicyclic) bond motifs is 1. The van der Waals surface area contributed by atoms with Gasteiger partial charge >= 0.3 is 17.9 Å². The van der Waals surface area contributed by atoms with E-state index in [1.54, 1.807) is 36.4 Å². The molecule has 0 heterocycles. The molecule has 3 N–H and O–H groups in total. The van der Waals surface area contributed by atoms with E-state index < -0.39 is 52.1 Å². The number of ether oxygens (including phenoxy) is 1. The molecule has 1 aliphatic rings. The van der Waals surface area contributed by atoms with E-state index in [2.05, 4.69) is 13.2 Å². The lowest BCUT2D eigenvalue weighted by Crippen LogP contribution is -2.37. The smallest absolute Gasteiger partial charge is 0.336 e. The molecule has 0 fully saturated rings. The average Bonchev–Trinajstić information content (AvgIpc) is 2.98. The summed E-state index contributed by atoms with van der Waals surface area (Å²) in [5.74, 6) is -4.57. The largest absolute Gasteiger partial charge is 0.478 e. The lowest BCUT2D eigenvalue weighted by Gasteiger charge is -2.36. The molecular weight excluding hydrogens is 538 g/mol. The Balaban J connectivity index is 1.85. The van der Waals surface area contributed by atoms with Crippen LogP contribution in [0.3, 0.4) is 0 Å². The molecule has 0 radical (unpaired) electrons. The number of hydrogen-bond donors (Lipinski definition) is 3. The van der Waals surface area contributed by atoms with Gasteiger partial charge in [0.1, 0.15) is 11.5 Å². The van der Waals surface area contributed by atoms with E-state index in [1.807, 2.05) is 24.3 Å². The molecule has 1 amide bonds. The van der Waals surface area contributed by atoms with Crippen LogP contribution in [0.5, 0.6) is 5.75 Å². The van der Waals surface area contributed by atoms with E-state index in [9.17, 15) is 34.5 Å². The number of rotatable bonds is 11. The molecule has 3 aromatic rings. The Morgan fingerprint density at radius 1 is 0.857 bits per heavy atom. The summed E-state index contributed by atoms with van der Waals surface area (Å²) >= 11 is 0. The maximum Gasteiger partial charge on any atom is 0.336 e. The maximum absolute atomic E-state index is 14.3. The first kappa shape index (κ1) is 29.5. The average molecular weight is 568 g/mol. The van der Waals surface area contributed by atoms with Crippen molar-refractivity contribution < 1.29 is 39.2 Å². The Bertz CT molecular complexity index is 1620. The van der Waals surface area contributed by atoms with Crippen LogP contribution in [0, 0.1) is 0 Å². The lowest BCUT2D eigenvalue weighted by atomic mass is 9.86. The molecule has 3 aromatic carbocycles. The van der Waals surface area contributed by atoms with Gasteiger partial charge in [0.05, 0.1) is 28.3 Å². The first-order valence-corrected chi connectivity index (χ1v) is 13.1. The van der Waals surface area contributed by atoms with Gasteiger partial charge in [-0.25, -0.2) is 14.4 Å². The summed E-state index contributed by atoms with van der Waals surface area (Å²) in [6, 6.07) is 15.8. The second-order valence-corrected chi connectivity index (χ2v) is 9.66. The van der Waals surface area contributed by atoms with Gasteiger partial charge in [-0.2, -0.15) is 0 Å². The van der Waals surface area contributed by atoms with Crippen LogP contribution in [-0.4, -0.2) is 44.0 Å². The van der Waals surface area contributed by atoms with Gasteiger partial charge in [-0.1, -0.05) is 55.6 Å². The van der Waals surface area contributed by atoms with Crippen molar-refractivity contribution in [3.63, 3.8) is 0 Å². The second kappa shape index (κ2) is 12.8. The molecule has 1 aliphatic carbocycles. The Kier molecular flexibility index (Phi) is 9.02. The van der Waals surface area contributed by atoms with Crippen LogP contribution in [-0.2, 0) is 13.0 Å². The molecule has 0 aromatic heterocycles. The van der Waals surface area contributed by atoms with Crippen molar-refractivity contribution >= 4 is 23.8 Å². The zero-order valence-electron chi connectivity index (χ0n) is 22.7. The molecule has 0 aliphatic heterocycles. The minimum Gasteiger partial charge on any atom is -0.478 e. The highest BCUT2D eigenvalue weighted by Crippen LogP contribution is 2.37. The number of carbonyl (C=O) groups excluding carboxylic acids is 1. The Morgan fingerprint density at radius 3 is 2.14 bits per heavy atom. The van der Waals surface area contributed by atoms with Crippen molar-refractivity contribution in [3.05, 3.63) is 137 Å². The second-order valence-electron chi connectivity index (χ2n) is 9.66. The van der Waals surface area contributed by atoms with Gasteiger partial charge in [-0.3, -0.25) is 4.79 Å². The van der Waals surface area contributed by atoms with Crippen molar-refractivity contribution in [1.29, 1.82) is 0 Å². The molecule has 0 bridgehead atoms. The maximum atomic E-state index is 14.3. The Hall–Kier alpha value is -5.44. The van der Waals surface area contributed by atoms with Gasteiger partial charge in [-0.05, 0) is 72.4 Å². The van der Waals surface area contributed by atoms with Crippen LogP contribution < -0.4 is 4.74 Å². The van der Waals surface area contributed by atoms with E-state index in [0.29, 0.717) is 23.5 Å². The molecule has 0 spiro atoms. The molecule has 9 heteroatoms. The summed E-state index contributed by atoms with van der Waals surface area (Å²) in [4.78, 5) is 51.7. The minimum absolute atomic E-state index is 0.0335. The van der Waals surface area contributed by atoms with Crippen LogP contribution in [0.15, 0.2) is 97.8 Å². The number of nitrogens with zero attached hydrogens (tertiary/aromatic N) is 1. The van der Waals surface area contributed by atoms with Gasteiger partial charge in [0.2, 0.25) is 0 Å². The van der Waals surface area contributed by atoms with Gasteiger partial charge < -0.3 is 25.0 Å². The summed E-state index contributed by atoms with van der Waals surface area (Å²) in [5.41, 5.74) is 0.220. The van der Waals surface area contributed by atoms with Crippen LogP contribution in [0.4, 0.5) is 0 Å². The first-order valence-electron chi connectivity index (χ1n) is 13.1. The fourth-order valence-electron chi connectivity index (χ4n) is 5.14. The molecule has 4 rings (SSSR count). The summed E-state index contributed by atoms with van der Waals surface area (Å²) < 4.78 is 5.87. The molecule has 0 saturated heterocycles. The number of carboxylic acids is 3. The molecular formula is C33H29NO8. The number of aromatic carboxylic acids is 3. The van der Waals surface area contributed by atoms with E-state index in [-0.39, 0.29) is 6.54 Å². The topological polar surface area (TPSA) is 141 Å². The number of amides is 1. The van der Waals surface area contributed by atoms with Crippen LogP contribution in [0.2, 0.25) is 0 Å². The summed E-state index contributed by atoms with van der Waals surface area (Å²) in [5, 5.41) is 29.2. The summed E-state index contributed by atoms with van der Waals surface area (Å²) in [7, 11) is 0. The summed E-state index contributed by atoms with van der Waals surface area (Å²) in [6.45, 7) is 7.42. The third-order valence-electron chi connectivity index (χ3n) is 7.02.